The van der Waals surface area contributed by atoms with Crippen LogP contribution in [0.25, 0.3) is 0 Å². The molecule has 0 unspecified atom stereocenters. The van der Waals surface area contributed by atoms with Gasteiger partial charge in [0.05, 0.1) is 11.3 Å². The Labute approximate surface area is 121 Å². The van der Waals surface area contributed by atoms with Crippen LogP contribution in [0, 0.1) is 11.6 Å². The number of carbonyl (C=O) groups excluding carboxylic acids is 1. The lowest BCUT2D eigenvalue weighted by Gasteiger charge is -2.08. The monoisotopic (exact) mass is 345 g/mol. The zero-order valence-electron chi connectivity index (χ0n) is 9.38. The first kappa shape index (κ1) is 14.0. The third-order valence-corrected chi connectivity index (χ3v) is 3.24. The zero-order chi connectivity index (χ0) is 14.0. The second-order valence-electron chi connectivity index (χ2n) is 3.70. The molecule has 1 N–H and O–H groups in total. The van der Waals surface area contributed by atoms with Gasteiger partial charge in [0.15, 0.2) is 0 Å². The Morgan fingerprint density at radius 3 is 2.58 bits per heavy atom. The van der Waals surface area contributed by atoms with Crippen molar-refractivity contribution in [3.05, 3.63) is 63.1 Å². The van der Waals surface area contributed by atoms with E-state index in [1.165, 1.54) is 12.1 Å². The number of anilines is 1. The maximum Gasteiger partial charge on any atom is 0.256 e. The van der Waals surface area contributed by atoms with Gasteiger partial charge in [0, 0.05) is 15.6 Å². The molecule has 6 heteroatoms. The van der Waals surface area contributed by atoms with E-state index in [0.29, 0.717) is 9.50 Å². The van der Waals surface area contributed by atoms with Crippen molar-refractivity contribution in [2.75, 3.05) is 5.32 Å². The van der Waals surface area contributed by atoms with E-state index in [4.69, 9.17) is 11.6 Å². The van der Waals surface area contributed by atoms with E-state index in [-0.39, 0.29) is 11.3 Å². The fourth-order valence-corrected chi connectivity index (χ4v) is 2.32. The third kappa shape index (κ3) is 3.30. The van der Waals surface area contributed by atoms with E-state index < -0.39 is 17.5 Å². The molecule has 2 nitrogen and oxygen atoms in total. The van der Waals surface area contributed by atoms with Crippen molar-refractivity contribution in [2.45, 2.75) is 0 Å². The predicted octanol–water partition coefficient (Wildman–Crippen LogP) is 4.63. The number of hydrogen-bond donors (Lipinski definition) is 1. The lowest BCUT2D eigenvalue weighted by Crippen LogP contribution is -2.13. The Hall–Kier alpha value is -1.46. The van der Waals surface area contributed by atoms with Crippen molar-refractivity contribution in [2.24, 2.45) is 0 Å². The molecule has 98 valence electrons. The molecule has 0 fully saturated rings. The topological polar surface area (TPSA) is 29.1 Å². The van der Waals surface area contributed by atoms with Gasteiger partial charge in [-0.3, -0.25) is 4.79 Å². The molecule has 0 bridgehead atoms. The molecule has 2 rings (SSSR count). The first-order valence-electron chi connectivity index (χ1n) is 5.19. The van der Waals surface area contributed by atoms with E-state index in [1.807, 2.05) is 0 Å². The molecule has 0 saturated heterocycles. The van der Waals surface area contributed by atoms with Crippen LogP contribution in [0.2, 0.25) is 5.02 Å². The average molecular weight is 347 g/mol. The lowest BCUT2D eigenvalue weighted by molar-refractivity contribution is 0.102. The number of halogens is 4. The van der Waals surface area contributed by atoms with Crippen molar-refractivity contribution in [3.63, 3.8) is 0 Å². The lowest BCUT2D eigenvalue weighted by atomic mass is 10.2. The van der Waals surface area contributed by atoms with Crippen molar-refractivity contribution < 1.29 is 13.6 Å². The SMILES string of the molecule is O=C(Nc1cc(F)ccc1F)c1ccc(Cl)cc1Br. The summed E-state index contributed by atoms with van der Waals surface area (Å²) in [6.07, 6.45) is 0. The summed E-state index contributed by atoms with van der Waals surface area (Å²) in [6, 6.07) is 7.39. The van der Waals surface area contributed by atoms with Gasteiger partial charge in [0.1, 0.15) is 11.6 Å². The minimum Gasteiger partial charge on any atom is -0.319 e. The predicted molar refractivity (Wildman–Crippen MR) is 73.5 cm³/mol. The summed E-state index contributed by atoms with van der Waals surface area (Å²) >= 11 is 8.94. The van der Waals surface area contributed by atoms with Crippen LogP contribution in [0.5, 0.6) is 0 Å². The van der Waals surface area contributed by atoms with E-state index >= 15 is 0 Å². The summed E-state index contributed by atoms with van der Waals surface area (Å²) in [5, 5.41) is 2.76. The highest BCUT2D eigenvalue weighted by atomic mass is 79.9. The van der Waals surface area contributed by atoms with Gasteiger partial charge in [-0.15, -0.1) is 0 Å². The van der Waals surface area contributed by atoms with Gasteiger partial charge in [0.2, 0.25) is 0 Å². The minimum atomic E-state index is -0.708. The minimum absolute atomic E-state index is 0.216. The van der Waals surface area contributed by atoms with Crippen LogP contribution in [-0.4, -0.2) is 5.91 Å². The van der Waals surface area contributed by atoms with E-state index in [2.05, 4.69) is 21.2 Å². The van der Waals surface area contributed by atoms with Crippen LogP contribution in [0.15, 0.2) is 40.9 Å². The second-order valence-corrected chi connectivity index (χ2v) is 4.99. The number of nitrogens with one attached hydrogen (secondary N) is 1. The molecule has 2 aromatic rings. The molecular formula is C13H7BrClF2NO. The Kier molecular flexibility index (Phi) is 4.17. The van der Waals surface area contributed by atoms with Crippen molar-refractivity contribution in [1.29, 1.82) is 0 Å². The summed E-state index contributed by atoms with van der Waals surface area (Å²) < 4.78 is 26.9. The Morgan fingerprint density at radius 2 is 1.89 bits per heavy atom. The zero-order valence-corrected chi connectivity index (χ0v) is 11.7. The largest absolute Gasteiger partial charge is 0.319 e. The molecule has 0 heterocycles. The van der Waals surface area contributed by atoms with Gasteiger partial charge in [-0.05, 0) is 46.3 Å². The standard InChI is InChI=1S/C13H7BrClF2NO/c14-10-5-7(15)1-3-9(10)13(19)18-12-6-8(16)2-4-11(12)17/h1-6H,(H,18,19). The van der Waals surface area contributed by atoms with Crippen LogP contribution >= 0.6 is 27.5 Å². The fraction of sp³-hybridized carbons (Fsp3) is 0. The number of carbonyl (C=O) groups is 1. The normalized spacial score (nSPS) is 10.3. The second kappa shape index (κ2) is 5.67. The molecule has 0 atom stereocenters. The maximum absolute atomic E-state index is 13.4. The smallest absolute Gasteiger partial charge is 0.256 e. The molecule has 0 aliphatic heterocycles. The first-order chi connectivity index (χ1) is 8.97. The number of hydrogen-bond acceptors (Lipinski definition) is 1. The van der Waals surface area contributed by atoms with Crippen LogP contribution in [0.4, 0.5) is 14.5 Å². The van der Waals surface area contributed by atoms with Crippen molar-refractivity contribution in [3.8, 4) is 0 Å². The highest BCUT2D eigenvalue weighted by molar-refractivity contribution is 9.10. The summed E-state index contributed by atoms with van der Waals surface area (Å²) in [6.45, 7) is 0. The molecule has 0 aromatic heterocycles. The highest BCUT2D eigenvalue weighted by Crippen LogP contribution is 2.23. The van der Waals surface area contributed by atoms with Crippen molar-refractivity contribution in [1.82, 2.24) is 0 Å². The molecule has 0 aliphatic rings. The van der Waals surface area contributed by atoms with Gasteiger partial charge in [0.25, 0.3) is 5.91 Å². The van der Waals surface area contributed by atoms with Crippen LogP contribution in [0.3, 0.4) is 0 Å². The molecule has 0 spiro atoms. The summed E-state index contributed by atoms with van der Waals surface area (Å²) in [5.74, 6) is -1.90. The molecule has 0 saturated carbocycles. The number of amides is 1. The van der Waals surface area contributed by atoms with Gasteiger partial charge in [-0.1, -0.05) is 11.6 Å². The van der Waals surface area contributed by atoms with Gasteiger partial charge >= 0.3 is 0 Å². The van der Waals surface area contributed by atoms with E-state index in [0.717, 1.165) is 18.2 Å². The molecule has 0 radical (unpaired) electrons. The number of rotatable bonds is 2. The Morgan fingerprint density at radius 1 is 1.16 bits per heavy atom. The van der Waals surface area contributed by atoms with Gasteiger partial charge in [-0.2, -0.15) is 0 Å². The third-order valence-electron chi connectivity index (χ3n) is 2.35. The molecule has 0 aliphatic carbocycles. The highest BCUT2D eigenvalue weighted by Gasteiger charge is 2.13. The Bertz CT molecular complexity index is 649. The molecular weight excluding hydrogens is 340 g/mol. The average Bonchev–Trinajstić information content (AvgIpc) is 2.33. The fourth-order valence-electron chi connectivity index (χ4n) is 1.46. The van der Waals surface area contributed by atoms with Gasteiger partial charge < -0.3 is 5.32 Å². The van der Waals surface area contributed by atoms with E-state index in [9.17, 15) is 13.6 Å². The summed E-state index contributed by atoms with van der Waals surface area (Å²) in [5.41, 5.74) is 0.0555. The summed E-state index contributed by atoms with van der Waals surface area (Å²) in [4.78, 5) is 11.9. The quantitative estimate of drug-likeness (QED) is 0.844. The number of benzene rings is 2. The van der Waals surface area contributed by atoms with Crippen LogP contribution in [0.1, 0.15) is 10.4 Å². The van der Waals surface area contributed by atoms with Crippen molar-refractivity contribution >= 4 is 39.1 Å². The van der Waals surface area contributed by atoms with E-state index in [1.54, 1.807) is 6.07 Å². The van der Waals surface area contributed by atoms with Crippen LogP contribution in [-0.2, 0) is 0 Å². The summed E-state index contributed by atoms with van der Waals surface area (Å²) in [7, 11) is 0. The first-order valence-corrected chi connectivity index (χ1v) is 6.36. The molecule has 19 heavy (non-hydrogen) atoms. The maximum atomic E-state index is 13.4. The van der Waals surface area contributed by atoms with Crippen LogP contribution < -0.4 is 5.32 Å². The Balaban J connectivity index is 2.28. The molecule has 2 aromatic carbocycles. The van der Waals surface area contributed by atoms with Gasteiger partial charge in [-0.25, -0.2) is 8.78 Å². The molecule has 1 amide bonds.